The first kappa shape index (κ1) is 14.1. The summed E-state index contributed by atoms with van der Waals surface area (Å²) in [6.07, 6.45) is 1.21. The molecule has 1 unspecified atom stereocenters. The Morgan fingerprint density at radius 3 is 2.71 bits per heavy atom. The predicted molar refractivity (Wildman–Crippen MR) is 73.8 cm³/mol. The minimum atomic E-state index is -0.855. The third-order valence-electron chi connectivity index (χ3n) is 2.95. The van der Waals surface area contributed by atoms with Crippen LogP contribution < -0.4 is 0 Å². The fourth-order valence-electron chi connectivity index (χ4n) is 1.48. The van der Waals surface area contributed by atoms with Crippen LogP contribution in [-0.2, 0) is 5.75 Å². The molecule has 1 aromatic rings. The summed E-state index contributed by atoms with van der Waals surface area (Å²) in [5, 5.41) is 8.88. The Hall–Kier alpha value is -0.960. The Kier molecular flexibility index (Phi) is 5.56. The van der Waals surface area contributed by atoms with E-state index in [1.807, 2.05) is 24.8 Å². The van der Waals surface area contributed by atoms with E-state index in [4.69, 9.17) is 5.11 Å². The summed E-state index contributed by atoms with van der Waals surface area (Å²) < 4.78 is 0. The van der Waals surface area contributed by atoms with E-state index in [1.54, 1.807) is 12.1 Å². The summed E-state index contributed by atoms with van der Waals surface area (Å²) in [7, 11) is 0. The van der Waals surface area contributed by atoms with Gasteiger partial charge in [0.25, 0.3) is 0 Å². The molecule has 0 bridgehead atoms. The van der Waals surface area contributed by atoms with E-state index in [0.717, 1.165) is 23.0 Å². The van der Waals surface area contributed by atoms with E-state index < -0.39 is 5.97 Å². The molecule has 1 aromatic carbocycles. The van der Waals surface area contributed by atoms with E-state index in [0.29, 0.717) is 5.56 Å². The Morgan fingerprint density at radius 1 is 1.47 bits per heavy atom. The van der Waals surface area contributed by atoms with Crippen LogP contribution in [0, 0.1) is 12.8 Å². The lowest BCUT2D eigenvalue weighted by molar-refractivity contribution is 0.0697. The van der Waals surface area contributed by atoms with Gasteiger partial charge in [0.1, 0.15) is 0 Å². The largest absolute Gasteiger partial charge is 0.478 e. The fraction of sp³-hybridized carbons (Fsp3) is 0.500. The molecule has 0 aliphatic carbocycles. The first-order valence-electron chi connectivity index (χ1n) is 5.95. The highest BCUT2D eigenvalue weighted by Crippen LogP contribution is 2.20. The van der Waals surface area contributed by atoms with E-state index in [-0.39, 0.29) is 0 Å². The normalized spacial score (nSPS) is 12.4. The van der Waals surface area contributed by atoms with Crippen LogP contribution in [0.4, 0.5) is 0 Å². The lowest BCUT2D eigenvalue weighted by atomic mass is 10.1. The molecule has 0 aromatic heterocycles. The number of benzene rings is 1. The van der Waals surface area contributed by atoms with Gasteiger partial charge in [-0.2, -0.15) is 11.8 Å². The van der Waals surface area contributed by atoms with Gasteiger partial charge < -0.3 is 5.11 Å². The van der Waals surface area contributed by atoms with Crippen LogP contribution in [0.2, 0.25) is 0 Å². The number of aryl methyl sites for hydroxylation is 1. The van der Waals surface area contributed by atoms with Crippen LogP contribution >= 0.6 is 11.8 Å². The molecule has 0 spiro atoms. The summed E-state index contributed by atoms with van der Waals surface area (Å²) in [5.74, 6) is 2.03. The zero-order valence-electron chi connectivity index (χ0n) is 10.7. The molecule has 0 aliphatic heterocycles. The number of carboxylic acids is 1. The second-order valence-corrected chi connectivity index (χ2v) is 5.51. The lowest BCUT2D eigenvalue weighted by Crippen LogP contribution is -1.99. The summed E-state index contributed by atoms with van der Waals surface area (Å²) in [6, 6.07) is 5.37. The lowest BCUT2D eigenvalue weighted by Gasteiger charge is -2.09. The zero-order valence-corrected chi connectivity index (χ0v) is 11.5. The van der Waals surface area contributed by atoms with Crippen molar-refractivity contribution in [3.8, 4) is 0 Å². The summed E-state index contributed by atoms with van der Waals surface area (Å²) >= 11 is 1.92. The van der Waals surface area contributed by atoms with E-state index >= 15 is 0 Å². The maximum Gasteiger partial charge on any atom is 0.335 e. The van der Waals surface area contributed by atoms with Crippen LogP contribution in [0.3, 0.4) is 0 Å². The molecule has 0 heterocycles. The van der Waals surface area contributed by atoms with Crippen LogP contribution in [0.1, 0.15) is 41.8 Å². The number of thioether (sulfide) groups is 1. The number of carbonyl (C=O) groups is 1. The molecule has 0 saturated carbocycles. The predicted octanol–water partition coefficient (Wildman–Crippen LogP) is 3.97. The first-order valence-corrected chi connectivity index (χ1v) is 7.10. The molecule has 0 aliphatic rings. The molecular weight excluding hydrogens is 232 g/mol. The van der Waals surface area contributed by atoms with Gasteiger partial charge in [0.15, 0.2) is 0 Å². The van der Waals surface area contributed by atoms with Crippen molar-refractivity contribution in [1.29, 1.82) is 0 Å². The second-order valence-electron chi connectivity index (χ2n) is 4.47. The highest BCUT2D eigenvalue weighted by Gasteiger charge is 2.06. The van der Waals surface area contributed by atoms with Crippen molar-refractivity contribution >= 4 is 17.7 Å². The van der Waals surface area contributed by atoms with Gasteiger partial charge in [-0.05, 0) is 41.9 Å². The average Bonchev–Trinajstić information content (AvgIpc) is 2.30. The van der Waals surface area contributed by atoms with Gasteiger partial charge in [0.05, 0.1) is 5.56 Å². The average molecular weight is 252 g/mol. The van der Waals surface area contributed by atoms with Crippen LogP contribution in [0.15, 0.2) is 18.2 Å². The third kappa shape index (κ3) is 4.43. The van der Waals surface area contributed by atoms with Crippen molar-refractivity contribution in [2.75, 3.05) is 5.75 Å². The van der Waals surface area contributed by atoms with E-state index in [1.165, 1.54) is 12.0 Å². The van der Waals surface area contributed by atoms with Crippen molar-refractivity contribution in [3.05, 3.63) is 34.9 Å². The summed E-state index contributed by atoms with van der Waals surface area (Å²) in [5.41, 5.74) is 2.68. The molecule has 94 valence electrons. The van der Waals surface area contributed by atoms with Crippen LogP contribution in [0.5, 0.6) is 0 Å². The standard InChI is InChI=1S/C14H20O2S/c1-4-10(2)8-17-9-13-6-5-12(14(15)16)7-11(13)3/h5-7,10H,4,8-9H2,1-3H3,(H,15,16). The topological polar surface area (TPSA) is 37.3 Å². The van der Waals surface area contributed by atoms with Gasteiger partial charge in [-0.3, -0.25) is 0 Å². The molecule has 17 heavy (non-hydrogen) atoms. The smallest absolute Gasteiger partial charge is 0.335 e. The van der Waals surface area contributed by atoms with Crippen molar-refractivity contribution < 1.29 is 9.90 Å². The molecule has 1 atom stereocenters. The molecule has 0 amide bonds. The molecule has 0 radical (unpaired) electrons. The molecule has 0 saturated heterocycles. The van der Waals surface area contributed by atoms with Gasteiger partial charge in [0, 0.05) is 5.75 Å². The van der Waals surface area contributed by atoms with Gasteiger partial charge in [-0.15, -0.1) is 0 Å². The Balaban J connectivity index is 2.57. The van der Waals surface area contributed by atoms with E-state index in [9.17, 15) is 4.79 Å². The molecular formula is C14H20O2S. The zero-order chi connectivity index (χ0) is 12.8. The molecule has 1 rings (SSSR count). The van der Waals surface area contributed by atoms with E-state index in [2.05, 4.69) is 13.8 Å². The fourth-order valence-corrected chi connectivity index (χ4v) is 2.78. The van der Waals surface area contributed by atoms with Gasteiger partial charge in [-0.1, -0.05) is 26.3 Å². The molecule has 3 heteroatoms. The number of aromatic carboxylic acids is 1. The summed E-state index contributed by atoms with van der Waals surface area (Å²) in [4.78, 5) is 10.8. The minimum Gasteiger partial charge on any atom is -0.478 e. The Bertz CT molecular complexity index is 388. The van der Waals surface area contributed by atoms with Crippen molar-refractivity contribution in [1.82, 2.24) is 0 Å². The van der Waals surface area contributed by atoms with Crippen molar-refractivity contribution in [3.63, 3.8) is 0 Å². The number of hydrogen-bond donors (Lipinski definition) is 1. The SMILES string of the molecule is CCC(C)CSCc1ccc(C(=O)O)cc1C. The van der Waals surface area contributed by atoms with Crippen LogP contribution in [0.25, 0.3) is 0 Å². The maximum atomic E-state index is 10.8. The molecule has 0 fully saturated rings. The minimum absolute atomic E-state index is 0.373. The maximum absolute atomic E-state index is 10.8. The highest BCUT2D eigenvalue weighted by atomic mass is 32.2. The van der Waals surface area contributed by atoms with Gasteiger partial charge in [-0.25, -0.2) is 4.79 Å². The third-order valence-corrected chi connectivity index (χ3v) is 4.27. The Morgan fingerprint density at radius 2 is 2.18 bits per heavy atom. The summed E-state index contributed by atoms with van der Waals surface area (Å²) in [6.45, 7) is 6.44. The highest BCUT2D eigenvalue weighted by molar-refractivity contribution is 7.98. The van der Waals surface area contributed by atoms with Crippen molar-refractivity contribution in [2.45, 2.75) is 32.9 Å². The quantitative estimate of drug-likeness (QED) is 0.832. The van der Waals surface area contributed by atoms with Gasteiger partial charge in [0.2, 0.25) is 0 Å². The number of rotatable bonds is 6. The van der Waals surface area contributed by atoms with Crippen molar-refractivity contribution in [2.24, 2.45) is 5.92 Å². The number of hydrogen-bond acceptors (Lipinski definition) is 2. The molecule has 1 N–H and O–H groups in total. The monoisotopic (exact) mass is 252 g/mol. The number of carboxylic acid groups (broad SMARTS) is 1. The Labute approximate surface area is 107 Å². The van der Waals surface area contributed by atoms with Gasteiger partial charge >= 0.3 is 5.97 Å². The van der Waals surface area contributed by atoms with Crippen LogP contribution in [-0.4, -0.2) is 16.8 Å². The second kappa shape index (κ2) is 6.70. The molecule has 2 nitrogen and oxygen atoms in total. The first-order chi connectivity index (χ1) is 8.04.